The summed E-state index contributed by atoms with van der Waals surface area (Å²) in [5.74, 6) is 1.44. The summed E-state index contributed by atoms with van der Waals surface area (Å²) < 4.78 is 10.6. The van der Waals surface area contributed by atoms with Crippen LogP contribution >= 0.6 is 0 Å². The highest BCUT2D eigenvalue weighted by Gasteiger charge is 2.23. The number of Topliss-reactive ketones (excluding diaryl/α,β-unsaturated/α-hetero) is 1. The molecule has 0 aromatic heterocycles. The third kappa shape index (κ3) is 4.09. The number of hydrogen-bond donors (Lipinski definition) is 2. The number of quaternary nitrogens is 1. The van der Waals surface area contributed by atoms with Crippen molar-refractivity contribution < 1.29 is 24.0 Å². The van der Waals surface area contributed by atoms with Gasteiger partial charge in [0.25, 0.3) is 5.91 Å². The van der Waals surface area contributed by atoms with Gasteiger partial charge in [-0.25, -0.2) is 0 Å². The predicted octanol–water partition coefficient (Wildman–Crippen LogP) is 0.961. The monoisotopic (exact) mass is 382 g/mol. The molecule has 0 bridgehead atoms. The van der Waals surface area contributed by atoms with Crippen LogP contribution in [0.25, 0.3) is 0 Å². The minimum Gasteiger partial charge on any atom is -0.454 e. The quantitative estimate of drug-likeness (QED) is 0.754. The Morgan fingerprint density at radius 3 is 2.46 bits per heavy atom. The van der Waals surface area contributed by atoms with Gasteiger partial charge in [-0.1, -0.05) is 0 Å². The summed E-state index contributed by atoms with van der Waals surface area (Å²) in [5.41, 5.74) is 2.57. The second kappa shape index (κ2) is 7.90. The van der Waals surface area contributed by atoms with E-state index in [0.29, 0.717) is 18.0 Å². The van der Waals surface area contributed by atoms with Crippen LogP contribution in [0.4, 0.5) is 11.4 Å². The number of ether oxygens (including phenoxy) is 2. The highest BCUT2D eigenvalue weighted by atomic mass is 16.7. The van der Waals surface area contributed by atoms with Crippen molar-refractivity contribution in [3.05, 3.63) is 48.0 Å². The van der Waals surface area contributed by atoms with Crippen molar-refractivity contribution in [2.75, 3.05) is 49.7 Å². The average molecular weight is 382 g/mol. The molecule has 2 heterocycles. The minimum absolute atomic E-state index is 0.00636. The van der Waals surface area contributed by atoms with E-state index in [4.69, 9.17) is 9.47 Å². The number of piperazine rings is 1. The first-order valence-corrected chi connectivity index (χ1v) is 9.47. The predicted molar refractivity (Wildman–Crippen MR) is 105 cm³/mol. The number of hydrogen-bond acceptors (Lipinski definition) is 5. The molecule has 2 aromatic rings. The van der Waals surface area contributed by atoms with E-state index in [2.05, 4.69) is 10.2 Å². The summed E-state index contributed by atoms with van der Waals surface area (Å²) >= 11 is 0. The molecule has 28 heavy (non-hydrogen) atoms. The van der Waals surface area contributed by atoms with Crippen LogP contribution in [0.5, 0.6) is 11.5 Å². The Morgan fingerprint density at radius 1 is 1.04 bits per heavy atom. The van der Waals surface area contributed by atoms with Gasteiger partial charge >= 0.3 is 0 Å². The number of fused-ring (bicyclic) bond motifs is 1. The lowest BCUT2D eigenvalue weighted by molar-refractivity contribution is -0.892. The largest absolute Gasteiger partial charge is 0.454 e. The second-order valence-corrected chi connectivity index (χ2v) is 7.13. The lowest BCUT2D eigenvalue weighted by atomic mass is 10.1. The molecule has 0 atom stereocenters. The van der Waals surface area contributed by atoms with Crippen molar-refractivity contribution in [3.8, 4) is 11.5 Å². The van der Waals surface area contributed by atoms with Gasteiger partial charge in [0.2, 0.25) is 6.79 Å². The van der Waals surface area contributed by atoms with E-state index >= 15 is 0 Å². The summed E-state index contributed by atoms with van der Waals surface area (Å²) in [4.78, 5) is 27.3. The molecule has 1 amide bonds. The molecule has 2 aromatic carbocycles. The molecular formula is C21H24N3O4+. The van der Waals surface area contributed by atoms with Crippen LogP contribution in [0.15, 0.2) is 42.5 Å². The molecule has 146 valence electrons. The van der Waals surface area contributed by atoms with E-state index in [9.17, 15) is 9.59 Å². The summed E-state index contributed by atoms with van der Waals surface area (Å²) in [7, 11) is 0. The third-order valence-corrected chi connectivity index (χ3v) is 5.18. The number of nitrogens with zero attached hydrogens (tertiary/aromatic N) is 1. The molecule has 2 aliphatic rings. The Bertz CT molecular complexity index is 874. The van der Waals surface area contributed by atoms with E-state index < -0.39 is 0 Å². The zero-order chi connectivity index (χ0) is 19.5. The van der Waals surface area contributed by atoms with E-state index in [1.165, 1.54) is 4.90 Å². The zero-order valence-corrected chi connectivity index (χ0v) is 15.9. The Kier molecular flexibility index (Phi) is 5.16. The van der Waals surface area contributed by atoms with Crippen molar-refractivity contribution in [2.24, 2.45) is 0 Å². The average Bonchev–Trinajstić information content (AvgIpc) is 3.16. The van der Waals surface area contributed by atoms with E-state index in [1.54, 1.807) is 19.1 Å². The molecule has 0 radical (unpaired) electrons. The summed E-state index contributed by atoms with van der Waals surface area (Å²) in [6, 6.07) is 13.1. The number of carbonyl (C=O) groups excluding carboxylic acids is 2. The first kappa shape index (κ1) is 18.3. The normalized spacial score (nSPS) is 16.1. The van der Waals surface area contributed by atoms with Crippen molar-refractivity contribution >= 4 is 23.1 Å². The van der Waals surface area contributed by atoms with Gasteiger partial charge in [-0.15, -0.1) is 0 Å². The molecule has 7 heteroatoms. The second-order valence-electron chi connectivity index (χ2n) is 7.13. The Hall–Kier alpha value is -3.06. The molecule has 0 aliphatic carbocycles. The van der Waals surface area contributed by atoms with Crippen molar-refractivity contribution in [3.63, 3.8) is 0 Å². The maximum Gasteiger partial charge on any atom is 0.279 e. The number of nitrogens with one attached hydrogen (secondary N) is 2. The fourth-order valence-electron chi connectivity index (χ4n) is 3.57. The first-order chi connectivity index (χ1) is 13.6. The van der Waals surface area contributed by atoms with Crippen LogP contribution in [0, 0.1) is 0 Å². The molecule has 0 unspecified atom stereocenters. The SMILES string of the molecule is CC(=O)c1ccc(N2CC[NH+](CC(=O)Nc3ccc4c(c3)OCO4)CC2)cc1. The van der Waals surface area contributed by atoms with Crippen LogP contribution in [0.3, 0.4) is 0 Å². The van der Waals surface area contributed by atoms with Crippen LogP contribution in [-0.2, 0) is 4.79 Å². The number of carbonyl (C=O) groups is 2. The lowest BCUT2D eigenvalue weighted by Crippen LogP contribution is -3.15. The standard InChI is InChI=1S/C21H23N3O4/c1-15(25)16-2-5-18(6-3-16)24-10-8-23(9-11-24)13-21(26)22-17-4-7-19-20(12-17)28-14-27-19/h2-7,12H,8-11,13-14H2,1H3,(H,22,26)/p+1. The van der Waals surface area contributed by atoms with Gasteiger partial charge in [-0.3, -0.25) is 9.59 Å². The van der Waals surface area contributed by atoms with Crippen LogP contribution in [0.2, 0.25) is 0 Å². The number of amides is 1. The highest BCUT2D eigenvalue weighted by Crippen LogP contribution is 2.34. The number of rotatable bonds is 5. The maximum atomic E-state index is 12.4. The number of anilines is 2. The molecule has 2 N–H and O–H groups in total. The lowest BCUT2D eigenvalue weighted by Gasteiger charge is -2.33. The smallest absolute Gasteiger partial charge is 0.279 e. The van der Waals surface area contributed by atoms with E-state index in [0.717, 1.165) is 43.1 Å². The molecule has 4 rings (SSSR count). The van der Waals surface area contributed by atoms with Gasteiger partial charge in [-0.05, 0) is 43.3 Å². The molecule has 0 spiro atoms. The van der Waals surface area contributed by atoms with Crippen LogP contribution in [0.1, 0.15) is 17.3 Å². The Labute approximate surface area is 163 Å². The molecule has 1 saturated heterocycles. The minimum atomic E-state index is -0.00636. The fourth-order valence-corrected chi connectivity index (χ4v) is 3.57. The third-order valence-electron chi connectivity index (χ3n) is 5.18. The van der Waals surface area contributed by atoms with Crippen LogP contribution < -0.4 is 24.6 Å². The first-order valence-electron chi connectivity index (χ1n) is 9.47. The molecule has 1 fully saturated rings. The maximum absolute atomic E-state index is 12.4. The van der Waals surface area contributed by atoms with E-state index in [-0.39, 0.29) is 18.5 Å². The van der Waals surface area contributed by atoms with Gasteiger partial charge in [0.05, 0.1) is 26.2 Å². The topological polar surface area (TPSA) is 72.3 Å². The molecule has 0 saturated carbocycles. The molecular weight excluding hydrogens is 358 g/mol. The van der Waals surface area contributed by atoms with Gasteiger partial charge in [0.1, 0.15) is 0 Å². The Balaban J connectivity index is 1.27. The van der Waals surface area contributed by atoms with Gasteiger partial charge in [0.15, 0.2) is 23.8 Å². The van der Waals surface area contributed by atoms with Crippen molar-refractivity contribution in [2.45, 2.75) is 6.92 Å². The van der Waals surface area contributed by atoms with Gasteiger partial charge < -0.3 is 24.6 Å². The fraction of sp³-hybridized carbons (Fsp3) is 0.333. The number of ketones is 1. The Morgan fingerprint density at radius 2 is 1.75 bits per heavy atom. The summed E-state index contributed by atoms with van der Waals surface area (Å²) in [6.07, 6.45) is 0. The van der Waals surface area contributed by atoms with Crippen LogP contribution in [-0.4, -0.2) is 51.2 Å². The number of benzene rings is 2. The molecule has 2 aliphatic heterocycles. The van der Waals surface area contributed by atoms with Gasteiger partial charge in [0, 0.05) is 23.0 Å². The van der Waals surface area contributed by atoms with E-state index in [1.807, 2.05) is 30.3 Å². The van der Waals surface area contributed by atoms with Gasteiger partial charge in [-0.2, -0.15) is 0 Å². The molecule has 7 nitrogen and oxygen atoms in total. The highest BCUT2D eigenvalue weighted by molar-refractivity contribution is 5.94. The summed E-state index contributed by atoms with van der Waals surface area (Å²) in [6.45, 7) is 5.78. The van der Waals surface area contributed by atoms with Crippen molar-refractivity contribution in [1.29, 1.82) is 0 Å². The van der Waals surface area contributed by atoms with Crippen molar-refractivity contribution in [1.82, 2.24) is 0 Å². The zero-order valence-electron chi connectivity index (χ0n) is 15.9. The summed E-state index contributed by atoms with van der Waals surface area (Å²) in [5, 5.41) is 2.94.